The summed E-state index contributed by atoms with van der Waals surface area (Å²) in [6, 6.07) is 5.14. The smallest absolute Gasteiger partial charge is 0.165 e. The van der Waals surface area contributed by atoms with Gasteiger partial charge in [0.15, 0.2) is 5.78 Å². The second kappa shape index (κ2) is 6.13. The quantitative estimate of drug-likeness (QED) is 0.611. The number of carbonyl (C=O) groups excluding carboxylic acids is 1. The number of halogens is 2. The zero-order valence-corrected chi connectivity index (χ0v) is 10.8. The van der Waals surface area contributed by atoms with Crippen molar-refractivity contribution in [2.75, 3.05) is 11.9 Å². The van der Waals surface area contributed by atoms with E-state index >= 15 is 0 Å². The fourth-order valence-electron chi connectivity index (χ4n) is 1.20. The van der Waals surface area contributed by atoms with Crippen molar-refractivity contribution >= 4 is 33.3 Å². The van der Waals surface area contributed by atoms with Crippen LogP contribution in [0.2, 0.25) is 5.02 Å². The maximum absolute atomic E-state index is 11.6. The fourth-order valence-corrected chi connectivity index (χ4v) is 1.83. The van der Waals surface area contributed by atoms with Gasteiger partial charge in [0.1, 0.15) is 5.75 Å². The number of hydrogen-bond donors (Lipinski definition) is 0. The van der Waals surface area contributed by atoms with Crippen LogP contribution in [0.15, 0.2) is 18.2 Å². The monoisotopic (exact) mass is 290 g/mol. The molecule has 0 amide bonds. The topological polar surface area (TPSA) is 26.3 Å². The number of alkyl halides is 1. The van der Waals surface area contributed by atoms with Crippen molar-refractivity contribution in [2.24, 2.45) is 0 Å². The maximum Gasteiger partial charge on any atom is 0.165 e. The SMILES string of the molecule is CCOc1ccc(C(=O)CCBr)c(Cl)c1. The van der Waals surface area contributed by atoms with Crippen LogP contribution < -0.4 is 4.74 Å². The first-order valence-corrected chi connectivity index (χ1v) is 6.20. The predicted molar refractivity (Wildman–Crippen MR) is 65.4 cm³/mol. The summed E-state index contributed by atoms with van der Waals surface area (Å²) in [7, 11) is 0. The minimum atomic E-state index is 0.0416. The molecule has 0 saturated heterocycles. The molecular formula is C11H12BrClO2. The largest absolute Gasteiger partial charge is 0.494 e. The van der Waals surface area contributed by atoms with Gasteiger partial charge in [-0.15, -0.1) is 0 Å². The van der Waals surface area contributed by atoms with Crippen LogP contribution in [0.3, 0.4) is 0 Å². The molecule has 1 aromatic carbocycles. The van der Waals surface area contributed by atoms with Crippen LogP contribution in [0.25, 0.3) is 0 Å². The lowest BCUT2D eigenvalue weighted by molar-refractivity contribution is 0.0990. The lowest BCUT2D eigenvalue weighted by atomic mass is 10.1. The molecule has 0 atom stereocenters. The molecule has 1 rings (SSSR count). The van der Waals surface area contributed by atoms with Crippen LogP contribution in [-0.4, -0.2) is 17.7 Å². The van der Waals surface area contributed by atoms with Crippen LogP contribution in [0, 0.1) is 0 Å². The van der Waals surface area contributed by atoms with E-state index in [4.69, 9.17) is 16.3 Å². The second-order valence-corrected chi connectivity index (χ2v) is 4.14. The van der Waals surface area contributed by atoms with Crippen molar-refractivity contribution in [3.8, 4) is 5.75 Å². The van der Waals surface area contributed by atoms with Crippen molar-refractivity contribution in [3.63, 3.8) is 0 Å². The molecular weight excluding hydrogens is 279 g/mol. The molecule has 0 radical (unpaired) electrons. The molecule has 0 aliphatic heterocycles. The molecule has 82 valence electrons. The van der Waals surface area contributed by atoms with E-state index in [1.54, 1.807) is 18.2 Å². The standard InChI is InChI=1S/C11H12BrClO2/c1-2-15-8-3-4-9(10(13)7-8)11(14)5-6-12/h3-4,7H,2,5-6H2,1H3. The zero-order valence-electron chi connectivity index (χ0n) is 8.43. The van der Waals surface area contributed by atoms with E-state index in [1.807, 2.05) is 6.92 Å². The van der Waals surface area contributed by atoms with Gasteiger partial charge in [0.25, 0.3) is 0 Å². The summed E-state index contributed by atoms with van der Waals surface area (Å²) in [5.41, 5.74) is 0.555. The highest BCUT2D eigenvalue weighted by atomic mass is 79.9. The molecule has 2 nitrogen and oxygen atoms in total. The van der Waals surface area contributed by atoms with Gasteiger partial charge in [-0.3, -0.25) is 4.79 Å². The lowest BCUT2D eigenvalue weighted by Crippen LogP contribution is -2.01. The van der Waals surface area contributed by atoms with Crippen LogP contribution in [0.1, 0.15) is 23.7 Å². The van der Waals surface area contributed by atoms with E-state index in [1.165, 1.54) is 0 Å². The van der Waals surface area contributed by atoms with E-state index < -0.39 is 0 Å². The summed E-state index contributed by atoms with van der Waals surface area (Å²) in [5, 5.41) is 1.10. The van der Waals surface area contributed by atoms with Crippen molar-refractivity contribution in [1.29, 1.82) is 0 Å². The summed E-state index contributed by atoms with van der Waals surface area (Å²) in [6.07, 6.45) is 0.452. The first-order valence-electron chi connectivity index (χ1n) is 4.70. The highest BCUT2D eigenvalue weighted by Crippen LogP contribution is 2.23. The van der Waals surface area contributed by atoms with Crippen molar-refractivity contribution in [1.82, 2.24) is 0 Å². The third-order valence-corrected chi connectivity index (χ3v) is 2.58. The minimum Gasteiger partial charge on any atom is -0.494 e. The number of benzene rings is 1. The summed E-state index contributed by atoms with van der Waals surface area (Å²) in [4.78, 5) is 11.6. The van der Waals surface area contributed by atoms with Gasteiger partial charge in [0.2, 0.25) is 0 Å². The molecule has 0 N–H and O–H groups in total. The molecule has 1 aromatic rings. The summed E-state index contributed by atoms with van der Waals surface area (Å²) < 4.78 is 5.28. The molecule has 0 spiro atoms. The van der Waals surface area contributed by atoms with Crippen molar-refractivity contribution < 1.29 is 9.53 Å². The Morgan fingerprint density at radius 2 is 2.27 bits per heavy atom. The van der Waals surface area contributed by atoms with Gasteiger partial charge in [-0.2, -0.15) is 0 Å². The molecule has 0 heterocycles. The van der Waals surface area contributed by atoms with Crippen LogP contribution in [-0.2, 0) is 0 Å². The Labute approximate surface area is 103 Å². The molecule has 0 aromatic heterocycles. The van der Waals surface area contributed by atoms with Gasteiger partial charge in [-0.25, -0.2) is 0 Å². The molecule has 0 aliphatic carbocycles. The molecule has 0 saturated carbocycles. The summed E-state index contributed by atoms with van der Waals surface area (Å²) in [6.45, 7) is 2.49. The number of carbonyl (C=O) groups is 1. The Hall–Kier alpha value is -0.540. The van der Waals surface area contributed by atoms with Crippen molar-refractivity contribution in [2.45, 2.75) is 13.3 Å². The maximum atomic E-state index is 11.6. The average molecular weight is 292 g/mol. The average Bonchev–Trinajstić information content (AvgIpc) is 2.18. The van der Waals surface area contributed by atoms with Crippen LogP contribution in [0.4, 0.5) is 0 Å². The van der Waals surface area contributed by atoms with Crippen molar-refractivity contribution in [3.05, 3.63) is 28.8 Å². The highest BCUT2D eigenvalue weighted by Gasteiger charge is 2.10. The third-order valence-electron chi connectivity index (χ3n) is 1.87. The van der Waals surface area contributed by atoms with Gasteiger partial charge in [0, 0.05) is 17.3 Å². The minimum absolute atomic E-state index is 0.0416. The van der Waals surface area contributed by atoms with Gasteiger partial charge >= 0.3 is 0 Å². The van der Waals surface area contributed by atoms with E-state index in [0.717, 1.165) is 0 Å². The normalized spacial score (nSPS) is 10.1. The van der Waals surface area contributed by atoms with Gasteiger partial charge in [-0.1, -0.05) is 27.5 Å². The van der Waals surface area contributed by atoms with Crippen LogP contribution in [0.5, 0.6) is 5.75 Å². The Kier molecular flexibility index (Phi) is 5.12. The summed E-state index contributed by atoms with van der Waals surface area (Å²) >= 11 is 9.20. The van der Waals surface area contributed by atoms with E-state index in [0.29, 0.717) is 34.7 Å². The highest BCUT2D eigenvalue weighted by molar-refractivity contribution is 9.09. The fraction of sp³-hybridized carbons (Fsp3) is 0.364. The third kappa shape index (κ3) is 3.50. The van der Waals surface area contributed by atoms with Gasteiger partial charge < -0.3 is 4.74 Å². The van der Waals surface area contributed by atoms with E-state index in [-0.39, 0.29) is 5.78 Å². The Morgan fingerprint density at radius 3 is 2.80 bits per heavy atom. The number of Topliss-reactive ketones (excluding diaryl/α,β-unsaturated/α-hetero) is 1. The molecule has 0 bridgehead atoms. The Balaban J connectivity index is 2.87. The predicted octanol–water partition coefficient (Wildman–Crippen LogP) is 3.71. The Bertz CT molecular complexity index is 352. The first kappa shape index (κ1) is 12.5. The second-order valence-electron chi connectivity index (χ2n) is 2.94. The van der Waals surface area contributed by atoms with Crippen LogP contribution >= 0.6 is 27.5 Å². The molecule has 0 unspecified atom stereocenters. The van der Waals surface area contributed by atoms with E-state index in [9.17, 15) is 4.79 Å². The summed E-state index contributed by atoms with van der Waals surface area (Å²) in [5.74, 6) is 0.734. The number of ketones is 1. The lowest BCUT2D eigenvalue weighted by Gasteiger charge is -2.06. The first-order chi connectivity index (χ1) is 7.19. The molecule has 0 aliphatic rings. The number of hydrogen-bond acceptors (Lipinski definition) is 2. The van der Waals surface area contributed by atoms with Gasteiger partial charge in [0.05, 0.1) is 11.6 Å². The number of ether oxygens (including phenoxy) is 1. The van der Waals surface area contributed by atoms with Gasteiger partial charge in [-0.05, 0) is 25.1 Å². The molecule has 0 fully saturated rings. The molecule has 4 heteroatoms. The molecule has 15 heavy (non-hydrogen) atoms. The number of rotatable bonds is 5. The van der Waals surface area contributed by atoms with E-state index in [2.05, 4.69) is 15.9 Å². The zero-order chi connectivity index (χ0) is 11.3. The Morgan fingerprint density at radius 1 is 1.53 bits per heavy atom.